The minimum Gasteiger partial charge on any atom is -0.338 e. The Bertz CT molecular complexity index is 929. The monoisotopic (exact) mass is 364 g/mol. The van der Waals surface area contributed by atoms with Gasteiger partial charge in [-0.15, -0.1) is 0 Å². The van der Waals surface area contributed by atoms with Gasteiger partial charge in [0.05, 0.1) is 23.5 Å². The summed E-state index contributed by atoms with van der Waals surface area (Å²) in [5.41, 5.74) is 2.47. The number of hydrogen-bond donors (Lipinski definition) is 0. The lowest BCUT2D eigenvalue weighted by Gasteiger charge is -2.32. The van der Waals surface area contributed by atoms with Crippen molar-refractivity contribution in [3.05, 3.63) is 65.8 Å². The summed E-state index contributed by atoms with van der Waals surface area (Å²) >= 11 is 0. The second-order valence-electron chi connectivity index (χ2n) is 7.13. The quantitative estimate of drug-likeness (QED) is 0.713. The fraction of sp³-hybridized carbons (Fsp3) is 0.400. The van der Waals surface area contributed by atoms with Crippen LogP contribution in [0, 0.1) is 6.92 Å². The van der Waals surface area contributed by atoms with Crippen molar-refractivity contribution in [1.29, 1.82) is 0 Å². The number of aryl methyl sites for hydroxylation is 2. The molecule has 7 heteroatoms. The van der Waals surface area contributed by atoms with Crippen molar-refractivity contribution >= 4 is 5.91 Å². The van der Waals surface area contributed by atoms with E-state index in [-0.39, 0.29) is 11.8 Å². The van der Waals surface area contributed by atoms with Gasteiger partial charge in [-0.1, -0.05) is 6.07 Å². The Morgan fingerprint density at radius 2 is 2.15 bits per heavy atom. The number of imidazole rings is 1. The summed E-state index contributed by atoms with van der Waals surface area (Å²) < 4.78 is 3.85. The van der Waals surface area contributed by atoms with Crippen LogP contribution in [0.2, 0.25) is 0 Å². The van der Waals surface area contributed by atoms with Crippen LogP contribution in [0.15, 0.2) is 43.0 Å². The number of nitrogens with zero attached hydrogens (tertiary/aromatic N) is 6. The fourth-order valence-electron chi connectivity index (χ4n) is 3.83. The average Bonchev–Trinajstić information content (AvgIpc) is 3.28. The average molecular weight is 364 g/mol. The van der Waals surface area contributed by atoms with Crippen molar-refractivity contribution in [2.45, 2.75) is 32.2 Å². The molecule has 1 amide bonds. The zero-order valence-corrected chi connectivity index (χ0v) is 15.7. The van der Waals surface area contributed by atoms with Crippen LogP contribution < -0.4 is 0 Å². The van der Waals surface area contributed by atoms with Gasteiger partial charge >= 0.3 is 0 Å². The van der Waals surface area contributed by atoms with E-state index in [1.165, 1.54) is 0 Å². The van der Waals surface area contributed by atoms with Gasteiger partial charge in [0, 0.05) is 50.8 Å². The van der Waals surface area contributed by atoms with E-state index in [4.69, 9.17) is 0 Å². The lowest BCUT2D eigenvalue weighted by molar-refractivity contribution is 0.0702. The van der Waals surface area contributed by atoms with Crippen molar-refractivity contribution < 1.29 is 4.79 Å². The molecule has 3 aromatic heterocycles. The molecule has 1 unspecified atom stereocenters. The molecule has 4 heterocycles. The molecule has 0 N–H and O–H groups in total. The molecular weight excluding hydrogens is 340 g/mol. The molecule has 140 valence electrons. The molecule has 0 spiro atoms. The minimum atomic E-state index is 0.0631. The van der Waals surface area contributed by atoms with Crippen LogP contribution >= 0.6 is 0 Å². The number of amides is 1. The van der Waals surface area contributed by atoms with Gasteiger partial charge in [-0.2, -0.15) is 5.10 Å². The molecule has 0 bridgehead atoms. The van der Waals surface area contributed by atoms with E-state index in [1.807, 2.05) is 61.9 Å². The molecular formula is C20H24N6O. The Morgan fingerprint density at radius 3 is 2.89 bits per heavy atom. The number of aromatic nitrogens is 5. The number of piperidine rings is 1. The van der Waals surface area contributed by atoms with Crippen LogP contribution in [-0.2, 0) is 13.6 Å². The maximum absolute atomic E-state index is 13.0. The molecule has 4 rings (SSSR count). The minimum absolute atomic E-state index is 0.0631. The predicted octanol–water partition coefficient (Wildman–Crippen LogP) is 2.39. The first kappa shape index (κ1) is 17.5. The first-order chi connectivity index (χ1) is 13.1. The zero-order chi connectivity index (χ0) is 18.8. The van der Waals surface area contributed by atoms with Gasteiger partial charge in [0.25, 0.3) is 5.91 Å². The maximum Gasteiger partial charge on any atom is 0.257 e. The molecule has 1 aliphatic rings. The molecule has 0 aromatic carbocycles. The van der Waals surface area contributed by atoms with E-state index >= 15 is 0 Å². The molecule has 1 saturated heterocycles. The number of carbonyl (C=O) groups is 1. The smallest absolute Gasteiger partial charge is 0.257 e. The molecule has 1 aliphatic heterocycles. The first-order valence-corrected chi connectivity index (χ1v) is 9.32. The van der Waals surface area contributed by atoms with Gasteiger partial charge in [-0.25, -0.2) is 4.98 Å². The summed E-state index contributed by atoms with van der Waals surface area (Å²) in [6.07, 6.45) is 9.47. The third-order valence-electron chi connectivity index (χ3n) is 5.12. The van der Waals surface area contributed by atoms with Crippen molar-refractivity contribution in [2.24, 2.45) is 7.05 Å². The summed E-state index contributed by atoms with van der Waals surface area (Å²) in [7, 11) is 1.84. The lowest BCUT2D eigenvalue weighted by atomic mass is 9.96. The Kier molecular flexibility index (Phi) is 4.75. The highest BCUT2D eigenvalue weighted by atomic mass is 16.2. The third kappa shape index (κ3) is 3.63. The highest BCUT2D eigenvalue weighted by Gasteiger charge is 2.29. The fourth-order valence-corrected chi connectivity index (χ4v) is 3.83. The van der Waals surface area contributed by atoms with Crippen molar-refractivity contribution in [1.82, 2.24) is 29.2 Å². The Balaban J connectivity index is 1.51. The van der Waals surface area contributed by atoms with E-state index in [9.17, 15) is 4.79 Å². The normalized spacial score (nSPS) is 17.3. The first-order valence-electron chi connectivity index (χ1n) is 9.32. The summed E-state index contributed by atoms with van der Waals surface area (Å²) in [5.74, 6) is 1.33. The van der Waals surface area contributed by atoms with E-state index in [0.717, 1.165) is 36.6 Å². The summed E-state index contributed by atoms with van der Waals surface area (Å²) in [6.45, 7) is 4.05. The van der Waals surface area contributed by atoms with Gasteiger partial charge in [-0.05, 0) is 31.9 Å². The van der Waals surface area contributed by atoms with Crippen LogP contribution in [0.4, 0.5) is 0 Å². The Labute approximate surface area is 158 Å². The topological polar surface area (TPSA) is 68.8 Å². The van der Waals surface area contributed by atoms with E-state index in [1.54, 1.807) is 4.68 Å². The van der Waals surface area contributed by atoms with Gasteiger partial charge in [0.1, 0.15) is 5.82 Å². The molecule has 1 atom stereocenters. The molecule has 0 aliphatic carbocycles. The van der Waals surface area contributed by atoms with Crippen molar-refractivity contribution in [3.63, 3.8) is 0 Å². The molecule has 3 aromatic rings. The zero-order valence-electron chi connectivity index (χ0n) is 15.7. The summed E-state index contributed by atoms with van der Waals surface area (Å²) in [6, 6.07) is 5.94. The number of likely N-dealkylation sites (tertiary alicyclic amines) is 1. The highest BCUT2D eigenvalue weighted by molar-refractivity contribution is 5.95. The van der Waals surface area contributed by atoms with E-state index in [0.29, 0.717) is 18.7 Å². The highest BCUT2D eigenvalue weighted by Crippen LogP contribution is 2.27. The number of rotatable bonds is 4. The molecule has 0 radical (unpaired) electrons. The van der Waals surface area contributed by atoms with E-state index < -0.39 is 0 Å². The van der Waals surface area contributed by atoms with Crippen molar-refractivity contribution in [2.75, 3.05) is 13.1 Å². The molecule has 7 nitrogen and oxygen atoms in total. The largest absolute Gasteiger partial charge is 0.338 e. The summed E-state index contributed by atoms with van der Waals surface area (Å²) in [4.78, 5) is 23.9. The Hall–Kier alpha value is -2.96. The molecule has 0 saturated carbocycles. The van der Waals surface area contributed by atoms with Gasteiger partial charge < -0.3 is 9.47 Å². The SMILES string of the molecule is Cc1nn(C)cc1C(=O)N1CCCC(c2nccn2Cc2ccccn2)C1. The number of pyridine rings is 1. The lowest BCUT2D eigenvalue weighted by Crippen LogP contribution is -2.40. The van der Waals surface area contributed by atoms with Gasteiger partial charge in [0.2, 0.25) is 0 Å². The van der Waals surface area contributed by atoms with Crippen LogP contribution in [0.1, 0.15) is 46.3 Å². The maximum atomic E-state index is 13.0. The van der Waals surface area contributed by atoms with Crippen LogP contribution in [0.3, 0.4) is 0 Å². The second kappa shape index (κ2) is 7.34. The molecule has 1 fully saturated rings. The van der Waals surface area contributed by atoms with Crippen molar-refractivity contribution in [3.8, 4) is 0 Å². The Morgan fingerprint density at radius 1 is 1.26 bits per heavy atom. The van der Waals surface area contributed by atoms with Crippen LogP contribution in [0.25, 0.3) is 0 Å². The van der Waals surface area contributed by atoms with Gasteiger partial charge in [-0.3, -0.25) is 14.5 Å². The summed E-state index contributed by atoms with van der Waals surface area (Å²) in [5, 5.41) is 4.30. The van der Waals surface area contributed by atoms with Gasteiger partial charge in [0.15, 0.2) is 0 Å². The number of hydrogen-bond acceptors (Lipinski definition) is 4. The standard InChI is InChI=1S/C20H24N6O/c1-15-18(14-24(2)23-15)20(27)26-10-5-6-16(12-26)19-22-9-11-25(19)13-17-7-3-4-8-21-17/h3-4,7-9,11,14,16H,5-6,10,12-13H2,1-2H3. The third-order valence-corrected chi connectivity index (χ3v) is 5.12. The molecule has 27 heavy (non-hydrogen) atoms. The van der Waals surface area contributed by atoms with E-state index in [2.05, 4.69) is 19.6 Å². The predicted molar refractivity (Wildman–Crippen MR) is 101 cm³/mol. The van der Waals surface area contributed by atoms with Crippen LogP contribution in [0.5, 0.6) is 0 Å². The van der Waals surface area contributed by atoms with Crippen LogP contribution in [-0.4, -0.2) is 48.2 Å². The number of carbonyl (C=O) groups excluding carboxylic acids is 1. The second-order valence-corrected chi connectivity index (χ2v) is 7.13.